The van der Waals surface area contributed by atoms with Crippen molar-refractivity contribution in [1.82, 2.24) is 4.98 Å². The predicted molar refractivity (Wildman–Crippen MR) is 91.0 cm³/mol. The number of sulfonamides is 1. The molecular weight excluding hydrogens is 352 g/mol. The Morgan fingerprint density at radius 3 is 2.38 bits per heavy atom. The van der Waals surface area contributed by atoms with E-state index in [9.17, 15) is 18.0 Å². The summed E-state index contributed by atoms with van der Waals surface area (Å²) in [5.74, 6) is -0.979. The monoisotopic (exact) mass is 368 g/mol. The van der Waals surface area contributed by atoms with E-state index in [0.29, 0.717) is 16.1 Å². The largest absolute Gasteiger partial charge is 0.450 e. The Morgan fingerprint density at radius 2 is 1.88 bits per heavy atom. The molecule has 2 rings (SSSR count). The lowest BCUT2D eigenvalue weighted by molar-refractivity contribution is 0.0323. The van der Waals surface area contributed by atoms with Gasteiger partial charge in [0.25, 0.3) is 0 Å². The van der Waals surface area contributed by atoms with Gasteiger partial charge in [0, 0.05) is 11.3 Å². The Balaban J connectivity index is 2.03. The number of aryl methyl sites for hydroxylation is 1. The number of nitrogens with zero attached hydrogens (tertiary/aromatic N) is 1. The number of benzene rings is 1. The number of esters is 1. The van der Waals surface area contributed by atoms with Crippen LogP contribution in [0.15, 0.2) is 30.5 Å². The maximum Gasteiger partial charge on any atom is 0.350 e. The summed E-state index contributed by atoms with van der Waals surface area (Å²) in [5, 5.41) is 0.731. The molecule has 0 aliphatic carbocycles. The maximum atomic E-state index is 12.3. The lowest BCUT2D eigenvalue weighted by Gasteiger charge is -2.12. The van der Waals surface area contributed by atoms with E-state index in [1.807, 2.05) is 0 Å². The normalized spacial score (nSPS) is 12.5. The van der Waals surface area contributed by atoms with Crippen LogP contribution in [0.5, 0.6) is 0 Å². The second-order valence-electron chi connectivity index (χ2n) is 5.11. The van der Waals surface area contributed by atoms with E-state index in [2.05, 4.69) is 9.71 Å². The minimum absolute atomic E-state index is 0.315. The highest BCUT2D eigenvalue weighted by atomic mass is 32.2. The van der Waals surface area contributed by atoms with Gasteiger partial charge >= 0.3 is 5.97 Å². The molecule has 1 atom stereocenters. The molecule has 9 heteroatoms. The van der Waals surface area contributed by atoms with Crippen LogP contribution in [-0.2, 0) is 14.8 Å². The number of ketones is 1. The Hall–Kier alpha value is -2.26. The van der Waals surface area contributed by atoms with Crippen molar-refractivity contribution in [2.24, 2.45) is 0 Å². The van der Waals surface area contributed by atoms with Crippen LogP contribution in [0, 0.1) is 6.92 Å². The third-order valence-electron chi connectivity index (χ3n) is 2.95. The number of nitrogens with one attached hydrogen (secondary N) is 1. The molecule has 1 aromatic heterocycles. The number of hydrogen-bond acceptors (Lipinski definition) is 7. The third-order valence-corrected chi connectivity index (χ3v) is 4.45. The van der Waals surface area contributed by atoms with Gasteiger partial charge in [0.05, 0.1) is 17.5 Å². The highest BCUT2D eigenvalue weighted by Crippen LogP contribution is 2.16. The molecular formula is C15H16N2O5S2. The number of Topliss-reactive ketones (excluding diaryl/α,β-unsaturated/α-hetero) is 1. The molecule has 1 aromatic carbocycles. The zero-order chi connectivity index (χ0) is 17.9. The molecule has 0 saturated carbocycles. The van der Waals surface area contributed by atoms with Gasteiger partial charge in [-0.25, -0.2) is 18.2 Å². The number of carbonyl (C=O) groups excluding carboxylic acids is 2. The first kappa shape index (κ1) is 18.1. The van der Waals surface area contributed by atoms with Crippen molar-refractivity contribution in [2.45, 2.75) is 20.0 Å². The van der Waals surface area contributed by atoms with Crippen LogP contribution in [0.3, 0.4) is 0 Å². The average molecular weight is 368 g/mol. The highest BCUT2D eigenvalue weighted by molar-refractivity contribution is 7.92. The lowest BCUT2D eigenvalue weighted by atomic mass is 10.1. The molecule has 7 nitrogen and oxygen atoms in total. The summed E-state index contributed by atoms with van der Waals surface area (Å²) in [5.41, 5.74) is 0.661. The Bertz CT molecular complexity index is 856. The van der Waals surface area contributed by atoms with Gasteiger partial charge in [-0.3, -0.25) is 9.52 Å². The fraction of sp³-hybridized carbons (Fsp3) is 0.267. The third kappa shape index (κ3) is 4.87. The first-order chi connectivity index (χ1) is 11.2. The van der Waals surface area contributed by atoms with Crippen LogP contribution in [0.4, 0.5) is 5.69 Å². The van der Waals surface area contributed by atoms with Crippen molar-refractivity contribution < 1.29 is 22.7 Å². The van der Waals surface area contributed by atoms with E-state index >= 15 is 0 Å². The molecule has 0 saturated heterocycles. The van der Waals surface area contributed by atoms with Crippen LogP contribution in [0.25, 0.3) is 0 Å². The lowest BCUT2D eigenvalue weighted by Crippen LogP contribution is -2.24. The number of rotatable bonds is 6. The Morgan fingerprint density at radius 1 is 1.25 bits per heavy atom. The quantitative estimate of drug-likeness (QED) is 0.620. The minimum Gasteiger partial charge on any atom is -0.450 e. The van der Waals surface area contributed by atoms with Crippen LogP contribution in [0.2, 0.25) is 0 Å². The van der Waals surface area contributed by atoms with Crippen LogP contribution < -0.4 is 4.72 Å². The second-order valence-corrected chi connectivity index (χ2v) is 8.09. The van der Waals surface area contributed by atoms with Gasteiger partial charge in [0.15, 0.2) is 6.10 Å². The van der Waals surface area contributed by atoms with Gasteiger partial charge in [-0.15, -0.1) is 11.3 Å². The molecule has 0 aliphatic heterocycles. The smallest absolute Gasteiger partial charge is 0.350 e. The summed E-state index contributed by atoms with van der Waals surface area (Å²) in [6.45, 7) is 3.25. The molecule has 128 valence electrons. The van der Waals surface area contributed by atoms with Gasteiger partial charge in [-0.2, -0.15) is 0 Å². The molecule has 2 aromatic rings. The van der Waals surface area contributed by atoms with Crippen molar-refractivity contribution in [3.63, 3.8) is 0 Å². The SMILES string of the molecule is Cc1ncc(C(=O)OC(C)C(=O)c2ccc(NS(C)(=O)=O)cc2)s1. The van der Waals surface area contributed by atoms with Crippen molar-refractivity contribution in [1.29, 1.82) is 0 Å². The molecule has 24 heavy (non-hydrogen) atoms. The summed E-state index contributed by atoms with van der Waals surface area (Å²) in [6, 6.07) is 5.87. The first-order valence-corrected chi connectivity index (χ1v) is 9.62. The van der Waals surface area contributed by atoms with E-state index in [-0.39, 0.29) is 5.78 Å². The van der Waals surface area contributed by atoms with Crippen molar-refractivity contribution in [2.75, 3.05) is 11.0 Å². The molecule has 0 radical (unpaired) electrons. The summed E-state index contributed by atoms with van der Waals surface area (Å²) < 4.78 is 29.7. The molecule has 1 unspecified atom stereocenters. The standard InChI is InChI=1S/C15H16N2O5S2/c1-9(22-15(19)13-8-16-10(2)23-13)14(18)11-4-6-12(7-5-11)17-24(3,20)21/h4-9,17H,1-3H3. The minimum atomic E-state index is -3.38. The summed E-state index contributed by atoms with van der Waals surface area (Å²) in [6.07, 6.45) is 1.48. The van der Waals surface area contributed by atoms with Gasteiger partial charge in [0.2, 0.25) is 15.8 Å². The summed E-state index contributed by atoms with van der Waals surface area (Å²) in [7, 11) is -3.38. The number of thiazole rings is 1. The predicted octanol–water partition coefficient (Wildman–Crippen LogP) is 2.25. The number of carbonyl (C=O) groups is 2. The molecule has 0 bridgehead atoms. The number of hydrogen-bond donors (Lipinski definition) is 1. The fourth-order valence-electron chi connectivity index (χ4n) is 1.88. The van der Waals surface area contributed by atoms with Gasteiger partial charge < -0.3 is 4.74 Å². The highest BCUT2D eigenvalue weighted by Gasteiger charge is 2.21. The topological polar surface area (TPSA) is 102 Å². The van der Waals surface area contributed by atoms with Crippen molar-refractivity contribution in [3.05, 3.63) is 45.9 Å². The van der Waals surface area contributed by atoms with E-state index in [4.69, 9.17) is 4.74 Å². The molecule has 1 N–H and O–H groups in total. The number of aromatic nitrogens is 1. The van der Waals surface area contributed by atoms with E-state index in [1.54, 1.807) is 6.92 Å². The summed E-state index contributed by atoms with van der Waals surface area (Å²) in [4.78, 5) is 28.5. The zero-order valence-corrected chi connectivity index (χ0v) is 14.9. The van der Waals surface area contributed by atoms with Crippen LogP contribution in [0.1, 0.15) is 32.0 Å². The molecule has 0 spiro atoms. The number of anilines is 1. The zero-order valence-electron chi connectivity index (χ0n) is 13.3. The van der Waals surface area contributed by atoms with Crippen molar-refractivity contribution in [3.8, 4) is 0 Å². The fourth-order valence-corrected chi connectivity index (χ4v) is 3.10. The molecule has 1 heterocycles. The molecule has 0 amide bonds. The van der Waals surface area contributed by atoms with Gasteiger partial charge in [-0.05, 0) is 38.1 Å². The molecule has 0 fully saturated rings. The second kappa shape index (κ2) is 7.10. The first-order valence-electron chi connectivity index (χ1n) is 6.91. The Labute approximate surface area is 143 Å². The van der Waals surface area contributed by atoms with Crippen LogP contribution >= 0.6 is 11.3 Å². The average Bonchev–Trinajstić information content (AvgIpc) is 2.92. The van der Waals surface area contributed by atoms with E-state index in [1.165, 1.54) is 48.7 Å². The van der Waals surface area contributed by atoms with Gasteiger partial charge in [-0.1, -0.05) is 0 Å². The molecule has 0 aliphatic rings. The Kier molecular flexibility index (Phi) is 5.35. The van der Waals surface area contributed by atoms with Gasteiger partial charge in [0.1, 0.15) is 4.88 Å². The van der Waals surface area contributed by atoms with E-state index < -0.39 is 22.1 Å². The number of ether oxygens (including phenoxy) is 1. The maximum absolute atomic E-state index is 12.3. The van der Waals surface area contributed by atoms with Crippen molar-refractivity contribution >= 4 is 38.8 Å². The van der Waals surface area contributed by atoms with E-state index in [0.717, 1.165) is 11.3 Å². The van der Waals surface area contributed by atoms with Crippen LogP contribution in [-0.4, -0.2) is 37.5 Å². The summed E-state index contributed by atoms with van der Waals surface area (Å²) >= 11 is 1.19.